The number of ether oxygens (including phenoxy) is 1. The van der Waals surface area contributed by atoms with Gasteiger partial charge in [-0.1, -0.05) is 12.1 Å². The highest BCUT2D eigenvalue weighted by molar-refractivity contribution is 5.29. The third-order valence-corrected chi connectivity index (χ3v) is 3.15. The van der Waals surface area contributed by atoms with Gasteiger partial charge in [-0.05, 0) is 38.8 Å². The molecule has 0 aromatic heterocycles. The van der Waals surface area contributed by atoms with Crippen LogP contribution < -0.4 is 10.5 Å². The van der Waals surface area contributed by atoms with Crippen LogP contribution in [-0.4, -0.2) is 57.2 Å². The maximum Gasteiger partial charge on any atom is 0.387 e. The molecule has 1 aromatic carbocycles. The highest BCUT2D eigenvalue weighted by Crippen LogP contribution is 2.22. The minimum atomic E-state index is -2.80. The molecule has 6 heteroatoms. The zero-order valence-corrected chi connectivity index (χ0v) is 12.2. The quantitative estimate of drug-likeness (QED) is 0.791. The summed E-state index contributed by atoms with van der Waals surface area (Å²) in [5, 5.41) is 0. The minimum absolute atomic E-state index is 0.0653. The number of nitrogens with zero attached hydrogens (tertiary/aromatic N) is 2. The standard InChI is InChI=1S/C14H23F2N3O/c1-18(2)8-9-19(3)13(10-17)11-4-6-12(7-5-11)20-14(15)16/h4-7,13-14H,8-10,17H2,1-3H3. The fraction of sp³-hybridized carbons (Fsp3) is 0.571. The van der Waals surface area contributed by atoms with Crippen molar-refractivity contribution in [1.29, 1.82) is 0 Å². The Hall–Kier alpha value is -1.24. The van der Waals surface area contributed by atoms with Gasteiger partial charge in [-0.2, -0.15) is 8.78 Å². The van der Waals surface area contributed by atoms with Crippen LogP contribution in [0.4, 0.5) is 8.78 Å². The number of hydrogen-bond donors (Lipinski definition) is 1. The third-order valence-electron chi connectivity index (χ3n) is 3.15. The molecule has 0 aliphatic heterocycles. The van der Waals surface area contributed by atoms with E-state index in [1.807, 2.05) is 21.1 Å². The molecule has 20 heavy (non-hydrogen) atoms. The monoisotopic (exact) mass is 287 g/mol. The van der Waals surface area contributed by atoms with Crippen LogP contribution in [0.5, 0.6) is 5.75 Å². The number of hydrogen-bond acceptors (Lipinski definition) is 4. The molecular formula is C14H23F2N3O. The molecule has 0 heterocycles. The Labute approximate surface area is 119 Å². The number of halogens is 2. The van der Waals surface area contributed by atoms with E-state index in [1.165, 1.54) is 0 Å². The number of nitrogens with two attached hydrogens (primary N) is 1. The summed E-state index contributed by atoms with van der Waals surface area (Å²) in [6, 6.07) is 6.71. The summed E-state index contributed by atoms with van der Waals surface area (Å²) in [6.45, 7) is -0.517. The molecule has 0 radical (unpaired) electrons. The van der Waals surface area contributed by atoms with E-state index >= 15 is 0 Å². The maximum atomic E-state index is 12.1. The van der Waals surface area contributed by atoms with Crippen LogP contribution in [0.2, 0.25) is 0 Å². The summed E-state index contributed by atoms with van der Waals surface area (Å²) >= 11 is 0. The van der Waals surface area contributed by atoms with E-state index in [2.05, 4.69) is 14.5 Å². The van der Waals surface area contributed by atoms with E-state index < -0.39 is 6.61 Å². The van der Waals surface area contributed by atoms with Crippen molar-refractivity contribution in [1.82, 2.24) is 9.80 Å². The summed E-state index contributed by atoms with van der Waals surface area (Å²) in [6.07, 6.45) is 0. The molecule has 2 N–H and O–H groups in total. The first-order valence-corrected chi connectivity index (χ1v) is 6.54. The second-order valence-electron chi connectivity index (χ2n) is 4.98. The second kappa shape index (κ2) is 8.14. The predicted octanol–water partition coefficient (Wildman–Crippen LogP) is 1.78. The zero-order valence-electron chi connectivity index (χ0n) is 12.2. The molecule has 0 bridgehead atoms. The molecule has 4 nitrogen and oxygen atoms in total. The van der Waals surface area contributed by atoms with Crippen LogP contribution in [0, 0.1) is 0 Å². The van der Waals surface area contributed by atoms with Gasteiger partial charge in [-0.15, -0.1) is 0 Å². The maximum absolute atomic E-state index is 12.1. The van der Waals surface area contributed by atoms with Gasteiger partial charge >= 0.3 is 6.61 Å². The topological polar surface area (TPSA) is 41.7 Å². The van der Waals surface area contributed by atoms with Crippen molar-refractivity contribution in [3.05, 3.63) is 29.8 Å². The predicted molar refractivity (Wildman–Crippen MR) is 76.1 cm³/mol. The van der Waals surface area contributed by atoms with Gasteiger partial charge in [0.25, 0.3) is 0 Å². The Balaban J connectivity index is 2.69. The Morgan fingerprint density at radius 3 is 2.15 bits per heavy atom. The summed E-state index contributed by atoms with van der Waals surface area (Å²) in [4.78, 5) is 4.26. The fourth-order valence-corrected chi connectivity index (χ4v) is 1.96. The minimum Gasteiger partial charge on any atom is -0.435 e. The van der Waals surface area contributed by atoms with E-state index in [0.717, 1.165) is 18.7 Å². The summed E-state index contributed by atoms with van der Waals surface area (Å²) in [5.74, 6) is 0.162. The van der Waals surface area contributed by atoms with Crippen LogP contribution in [-0.2, 0) is 0 Å². The molecule has 0 saturated carbocycles. The van der Waals surface area contributed by atoms with E-state index in [0.29, 0.717) is 6.54 Å². The van der Waals surface area contributed by atoms with Gasteiger partial charge in [0, 0.05) is 25.7 Å². The van der Waals surface area contributed by atoms with Gasteiger partial charge in [-0.25, -0.2) is 0 Å². The average molecular weight is 287 g/mol. The summed E-state index contributed by atoms with van der Waals surface area (Å²) in [5.41, 5.74) is 6.82. The van der Waals surface area contributed by atoms with Crippen molar-refractivity contribution in [3.63, 3.8) is 0 Å². The molecule has 0 amide bonds. The Morgan fingerprint density at radius 1 is 1.10 bits per heavy atom. The van der Waals surface area contributed by atoms with Crippen molar-refractivity contribution in [2.75, 3.05) is 40.8 Å². The Morgan fingerprint density at radius 2 is 1.70 bits per heavy atom. The van der Waals surface area contributed by atoms with Crippen LogP contribution in [0.25, 0.3) is 0 Å². The largest absolute Gasteiger partial charge is 0.435 e. The van der Waals surface area contributed by atoms with Crippen molar-refractivity contribution in [2.45, 2.75) is 12.7 Å². The lowest BCUT2D eigenvalue weighted by molar-refractivity contribution is -0.0498. The third kappa shape index (κ3) is 5.40. The second-order valence-corrected chi connectivity index (χ2v) is 4.98. The Bertz CT molecular complexity index is 385. The first kappa shape index (κ1) is 16.8. The van der Waals surface area contributed by atoms with E-state index in [4.69, 9.17) is 5.73 Å². The zero-order chi connectivity index (χ0) is 15.1. The Kier molecular flexibility index (Phi) is 6.84. The van der Waals surface area contributed by atoms with Crippen LogP contribution in [0.15, 0.2) is 24.3 Å². The molecule has 114 valence electrons. The lowest BCUT2D eigenvalue weighted by Crippen LogP contribution is -2.35. The molecule has 0 fully saturated rings. The highest BCUT2D eigenvalue weighted by atomic mass is 19.3. The van der Waals surface area contributed by atoms with Crippen molar-refractivity contribution < 1.29 is 13.5 Å². The lowest BCUT2D eigenvalue weighted by Gasteiger charge is -2.28. The van der Waals surface area contributed by atoms with Crippen LogP contribution in [0.1, 0.15) is 11.6 Å². The van der Waals surface area contributed by atoms with Gasteiger partial charge in [0.05, 0.1) is 0 Å². The first-order chi connectivity index (χ1) is 9.43. The van der Waals surface area contributed by atoms with Crippen LogP contribution in [0.3, 0.4) is 0 Å². The van der Waals surface area contributed by atoms with Crippen molar-refractivity contribution in [2.24, 2.45) is 5.73 Å². The van der Waals surface area contributed by atoms with Crippen molar-refractivity contribution >= 4 is 0 Å². The number of rotatable bonds is 8. The normalized spacial score (nSPS) is 13.2. The molecular weight excluding hydrogens is 264 g/mol. The van der Waals surface area contributed by atoms with E-state index in [-0.39, 0.29) is 11.8 Å². The molecule has 0 aliphatic carbocycles. The number of benzene rings is 1. The molecule has 1 aromatic rings. The number of likely N-dealkylation sites (N-methyl/N-ethyl adjacent to an activating group) is 2. The van der Waals surface area contributed by atoms with Gasteiger partial charge in [0.2, 0.25) is 0 Å². The molecule has 1 unspecified atom stereocenters. The molecule has 1 atom stereocenters. The summed E-state index contributed by atoms with van der Waals surface area (Å²) in [7, 11) is 6.04. The van der Waals surface area contributed by atoms with Gasteiger partial charge in [0.1, 0.15) is 5.75 Å². The SMILES string of the molecule is CN(C)CCN(C)C(CN)c1ccc(OC(F)F)cc1. The molecule has 0 saturated heterocycles. The smallest absolute Gasteiger partial charge is 0.387 e. The first-order valence-electron chi connectivity index (χ1n) is 6.54. The van der Waals surface area contributed by atoms with Crippen molar-refractivity contribution in [3.8, 4) is 5.75 Å². The summed E-state index contributed by atoms with van der Waals surface area (Å²) < 4.78 is 28.5. The highest BCUT2D eigenvalue weighted by Gasteiger charge is 2.15. The van der Waals surface area contributed by atoms with Crippen LogP contribution >= 0.6 is 0 Å². The van der Waals surface area contributed by atoms with E-state index in [9.17, 15) is 8.78 Å². The number of alkyl halides is 2. The molecule has 0 aliphatic rings. The van der Waals surface area contributed by atoms with Gasteiger partial charge in [0.15, 0.2) is 0 Å². The average Bonchev–Trinajstić information content (AvgIpc) is 2.38. The van der Waals surface area contributed by atoms with Gasteiger partial charge < -0.3 is 15.4 Å². The molecule has 0 spiro atoms. The fourth-order valence-electron chi connectivity index (χ4n) is 1.96. The lowest BCUT2D eigenvalue weighted by atomic mass is 10.1. The van der Waals surface area contributed by atoms with Gasteiger partial charge in [-0.3, -0.25) is 4.90 Å². The van der Waals surface area contributed by atoms with E-state index in [1.54, 1.807) is 24.3 Å². The molecule has 1 rings (SSSR count).